The Labute approximate surface area is 159 Å². The van der Waals surface area contributed by atoms with Crippen molar-refractivity contribution in [1.29, 1.82) is 0 Å². The minimum atomic E-state index is -4.58. The molecule has 1 aliphatic rings. The second-order valence-corrected chi connectivity index (χ2v) is 7.33. The van der Waals surface area contributed by atoms with Crippen LogP contribution < -0.4 is 16.0 Å². The van der Waals surface area contributed by atoms with E-state index in [0.717, 1.165) is 45.4 Å². The number of methoxy groups -OCH3 is 1. The third kappa shape index (κ3) is 3.13. The van der Waals surface area contributed by atoms with Gasteiger partial charge in [-0.25, -0.2) is 9.38 Å². The predicted octanol–water partition coefficient (Wildman–Crippen LogP) is 2.00. The van der Waals surface area contributed by atoms with Gasteiger partial charge in [0.1, 0.15) is 5.69 Å². The van der Waals surface area contributed by atoms with Gasteiger partial charge in [0.05, 0.1) is 25.0 Å². The summed E-state index contributed by atoms with van der Waals surface area (Å²) < 4.78 is 46.9. The molecule has 0 aliphatic heterocycles. The second kappa shape index (κ2) is 6.33. The molecule has 1 fully saturated rings. The highest BCUT2D eigenvalue weighted by atomic mass is 32.1. The Morgan fingerprint density at radius 3 is 2.68 bits per heavy atom. The van der Waals surface area contributed by atoms with Crippen molar-refractivity contribution in [2.24, 2.45) is 5.73 Å². The molecular weight excluding hydrogens is 399 g/mol. The topological polar surface area (TPSA) is 105 Å². The number of primary amides is 1. The van der Waals surface area contributed by atoms with Crippen LogP contribution in [0.4, 0.5) is 13.2 Å². The summed E-state index contributed by atoms with van der Waals surface area (Å²) in [5.74, 6) is -0.830. The van der Waals surface area contributed by atoms with Gasteiger partial charge in [0.25, 0.3) is 11.5 Å². The number of aromatic nitrogens is 4. The van der Waals surface area contributed by atoms with Crippen molar-refractivity contribution in [3.63, 3.8) is 0 Å². The predicted molar refractivity (Wildman–Crippen MR) is 92.7 cm³/mol. The first-order valence-corrected chi connectivity index (χ1v) is 9.05. The van der Waals surface area contributed by atoms with Gasteiger partial charge in [0.2, 0.25) is 10.0 Å². The zero-order chi connectivity index (χ0) is 20.2. The van der Waals surface area contributed by atoms with Gasteiger partial charge < -0.3 is 10.5 Å². The van der Waals surface area contributed by atoms with Crippen LogP contribution in [0.15, 0.2) is 16.9 Å². The Balaban J connectivity index is 1.79. The number of nitrogens with zero attached hydrogens (tertiary/aromatic N) is 4. The average molecular weight is 413 g/mol. The SMILES string of the molecule is COc1sc2nc(Cn3nc(C4CC4)cc3C(F)(F)F)cc(=O)n2c1C(N)=O. The monoisotopic (exact) mass is 413 g/mol. The van der Waals surface area contributed by atoms with Crippen LogP contribution >= 0.6 is 11.3 Å². The Morgan fingerprint density at radius 1 is 1.39 bits per heavy atom. The summed E-state index contributed by atoms with van der Waals surface area (Å²) in [4.78, 5) is 28.4. The number of fused-ring (bicyclic) bond motifs is 1. The number of rotatable bonds is 5. The van der Waals surface area contributed by atoms with E-state index in [1.807, 2.05) is 0 Å². The summed E-state index contributed by atoms with van der Waals surface area (Å²) in [6.07, 6.45) is -2.96. The molecule has 12 heteroatoms. The summed E-state index contributed by atoms with van der Waals surface area (Å²) in [5, 5.41) is 4.16. The van der Waals surface area contributed by atoms with Crippen LogP contribution in [0.1, 0.15) is 46.3 Å². The number of carbonyl (C=O) groups is 1. The first kappa shape index (κ1) is 18.5. The zero-order valence-electron chi connectivity index (χ0n) is 14.5. The van der Waals surface area contributed by atoms with E-state index in [9.17, 15) is 22.8 Å². The van der Waals surface area contributed by atoms with Crippen LogP contribution in [0.5, 0.6) is 5.06 Å². The molecule has 148 valence electrons. The van der Waals surface area contributed by atoms with E-state index in [0.29, 0.717) is 5.69 Å². The Morgan fingerprint density at radius 2 is 2.11 bits per heavy atom. The minimum Gasteiger partial charge on any atom is -0.485 e. The molecule has 3 heterocycles. The molecule has 0 unspecified atom stereocenters. The van der Waals surface area contributed by atoms with E-state index in [1.54, 1.807) is 0 Å². The number of halogens is 3. The van der Waals surface area contributed by atoms with Crippen LogP contribution in [-0.4, -0.2) is 32.2 Å². The molecule has 0 spiro atoms. The number of alkyl halides is 3. The lowest BCUT2D eigenvalue weighted by Gasteiger charge is -2.09. The summed E-state index contributed by atoms with van der Waals surface area (Å²) >= 11 is 0.898. The largest absolute Gasteiger partial charge is 0.485 e. The fourth-order valence-corrected chi connectivity index (χ4v) is 3.92. The van der Waals surface area contributed by atoms with Gasteiger partial charge in [-0.2, -0.15) is 18.3 Å². The molecule has 0 saturated heterocycles. The van der Waals surface area contributed by atoms with Gasteiger partial charge in [0.15, 0.2) is 5.69 Å². The first-order valence-electron chi connectivity index (χ1n) is 8.23. The molecule has 3 aromatic heterocycles. The summed E-state index contributed by atoms with van der Waals surface area (Å²) in [6, 6.07) is 2.10. The molecule has 2 N–H and O–H groups in total. The maximum absolute atomic E-state index is 13.4. The van der Waals surface area contributed by atoms with Gasteiger partial charge in [-0.15, -0.1) is 0 Å². The molecule has 0 bridgehead atoms. The number of ether oxygens (including phenoxy) is 1. The Bertz CT molecular complexity index is 1140. The van der Waals surface area contributed by atoms with Crippen LogP contribution in [0, 0.1) is 0 Å². The summed E-state index contributed by atoms with van der Waals surface area (Å²) in [5.41, 5.74) is 4.08. The van der Waals surface area contributed by atoms with E-state index in [1.165, 1.54) is 7.11 Å². The number of carbonyl (C=O) groups excluding carboxylic acids is 1. The lowest BCUT2D eigenvalue weighted by molar-refractivity contribution is -0.144. The number of thiazole rings is 1. The van der Waals surface area contributed by atoms with Crippen LogP contribution in [0.25, 0.3) is 4.96 Å². The number of nitrogens with two attached hydrogens (primary N) is 1. The molecule has 1 amide bonds. The first-order chi connectivity index (χ1) is 13.2. The lowest BCUT2D eigenvalue weighted by Crippen LogP contribution is -2.24. The van der Waals surface area contributed by atoms with E-state index >= 15 is 0 Å². The van der Waals surface area contributed by atoms with Gasteiger partial charge in [-0.1, -0.05) is 11.3 Å². The molecule has 1 aliphatic carbocycles. The number of amides is 1. The van der Waals surface area contributed by atoms with Crippen LogP contribution in [0.3, 0.4) is 0 Å². The van der Waals surface area contributed by atoms with Crippen molar-refractivity contribution >= 4 is 22.2 Å². The molecule has 1 saturated carbocycles. The normalized spacial score (nSPS) is 14.6. The lowest BCUT2D eigenvalue weighted by atomic mass is 10.2. The quantitative estimate of drug-likeness (QED) is 0.689. The highest BCUT2D eigenvalue weighted by Gasteiger charge is 2.38. The third-order valence-corrected chi connectivity index (χ3v) is 5.36. The second-order valence-electron chi connectivity index (χ2n) is 6.39. The third-order valence-electron chi connectivity index (χ3n) is 4.36. The van der Waals surface area contributed by atoms with Crippen molar-refractivity contribution in [3.05, 3.63) is 45.3 Å². The van der Waals surface area contributed by atoms with Crippen molar-refractivity contribution < 1.29 is 22.7 Å². The fourth-order valence-electron chi connectivity index (χ4n) is 2.95. The highest BCUT2D eigenvalue weighted by molar-refractivity contribution is 7.19. The van der Waals surface area contributed by atoms with Crippen LogP contribution in [0.2, 0.25) is 0 Å². The highest BCUT2D eigenvalue weighted by Crippen LogP contribution is 2.41. The molecule has 28 heavy (non-hydrogen) atoms. The maximum atomic E-state index is 13.4. The minimum absolute atomic E-state index is 0.0445. The molecule has 4 rings (SSSR count). The van der Waals surface area contributed by atoms with Crippen molar-refractivity contribution in [2.75, 3.05) is 7.11 Å². The van der Waals surface area contributed by atoms with E-state index in [-0.39, 0.29) is 33.9 Å². The summed E-state index contributed by atoms with van der Waals surface area (Å²) in [7, 11) is 1.31. The fraction of sp³-hybridized carbons (Fsp3) is 0.375. The smallest absolute Gasteiger partial charge is 0.433 e. The van der Waals surface area contributed by atoms with E-state index in [4.69, 9.17) is 10.5 Å². The van der Waals surface area contributed by atoms with Gasteiger partial charge in [0, 0.05) is 12.0 Å². The number of hydrogen-bond acceptors (Lipinski definition) is 6. The standard InChI is InChI=1S/C16H14F3N5O3S/c1-27-14-12(13(20)26)24-11(25)4-8(21-15(24)28-14)6-23-10(16(17,18)19)5-9(22-23)7-2-3-7/h4-5,7H,2-3,6H2,1H3,(H2,20,26). The average Bonchev–Trinajstić information content (AvgIpc) is 3.23. The van der Waals surface area contributed by atoms with Gasteiger partial charge >= 0.3 is 6.18 Å². The van der Waals surface area contributed by atoms with Crippen LogP contribution in [-0.2, 0) is 12.7 Å². The molecule has 8 nitrogen and oxygen atoms in total. The Hall–Kier alpha value is -2.89. The van der Waals surface area contributed by atoms with Gasteiger partial charge in [-0.05, 0) is 18.9 Å². The molecule has 0 radical (unpaired) electrons. The summed E-state index contributed by atoms with van der Waals surface area (Å²) in [6.45, 7) is -0.334. The molecule has 3 aromatic rings. The van der Waals surface area contributed by atoms with Gasteiger partial charge in [-0.3, -0.25) is 14.3 Å². The molecular formula is C16H14F3N5O3S. The maximum Gasteiger partial charge on any atom is 0.433 e. The van der Waals surface area contributed by atoms with E-state index < -0.39 is 23.3 Å². The van der Waals surface area contributed by atoms with E-state index in [2.05, 4.69) is 10.1 Å². The van der Waals surface area contributed by atoms with Crippen molar-refractivity contribution in [1.82, 2.24) is 19.2 Å². The molecule has 0 aromatic carbocycles. The molecule has 0 atom stereocenters. The zero-order valence-corrected chi connectivity index (χ0v) is 15.3. The van der Waals surface area contributed by atoms with Crippen molar-refractivity contribution in [2.45, 2.75) is 31.5 Å². The van der Waals surface area contributed by atoms with Crippen molar-refractivity contribution in [3.8, 4) is 5.06 Å². The Kier molecular flexibility index (Phi) is 4.17. The number of hydrogen-bond donors (Lipinski definition) is 1.